The van der Waals surface area contributed by atoms with Crippen molar-refractivity contribution in [2.45, 2.75) is 37.9 Å². The molecule has 2 aromatic rings. The second kappa shape index (κ2) is 6.44. The Balaban J connectivity index is 2.22. The van der Waals surface area contributed by atoms with Gasteiger partial charge < -0.3 is 0 Å². The molecule has 1 atom stereocenters. The van der Waals surface area contributed by atoms with Gasteiger partial charge in [0.05, 0.1) is 8.07 Å². The lowest BCUT2D eigenvalue weighted by atomic mass is 10.00. The summed E-state index contributed by atoms with van der Waals surface area (Å²) in [5.74, 6) is 0. The van der Waals surface area contributed by atoms with Crippen LogP contribution in [0.4, 0.5) is 0 Å². The fourth-order valence-electron chi connectivity index (χ4n) is 2.90. The van der Waals surface area contributed by atoms with E-state index in [0.717, 1.165) is 12.8 Å². The zero-order valence-electron chi connectivity index (χ0n) is 13.5. The topological polar surface area (TPSA) is 0 Å². The van der Waals surface area contributed by atoms with Gasteiger partial charge in [-0.1, -0.05) is 91.9 Å². The van der Waals surface area contributed by atoms with Crippen LogP contribution in [0, 0.1) is 0 Å². The minimum absolute atomic E-state index is 0.199. The van der Waals surface area contributed by atoms with Crippen LogP contribution in [0.3, 0.4) is 0 Å². The standard InChI is InChI=1S/C20H26Si/c1-5-20(2,17-16-18-12-8-6-9-13-18)21(3,4)19-14-10-7-11-15-19/h5-15H,1,16-17H2,2-4H3. The lowest BCUT2D eigenvalue weighted by Gasteiger charge is -2.41. The number of rotatable bonds is 6. The van der Waals surface area contributed by atoms with Crippen molar-refractivity contribution in [3.8, 4) is 0 Å². The largest absolute Gasteiger partial charge is 0.103 e. The summed E-state index contributed by atoms with van der Waals surface area (Å²) in [4.78, 5) is 0. The van der Waals surface area contributed by atoms with E-state index in [2.05, 4.69) is 93.3 Å². The maximum Gasteiger partial charge on any atom is 0.0901 e. The predicted molar refractivity (Wildman–Crippen MR) is 96.9 cm³/mol. The molecule has 21 heavy (non-hydrogen) atoms. The minimum atomic E-state index is -1.60. The first-order valence-electron chi connectivity index (χ1n) is 7.73. The first-order valence-corrected chi connectivity index (χ1v) is 10.7. The van der Waals surface area contributed by atoms with Gasteiger partial charge in [-0.3, -0.25) is 0 Å². The summed E-state index contributed by atoms with van der Waals surface area (Å²) in [7, 11) is -1.60. The molecule has 0 aliphatic carbocycles. The van der Waals surface area contributed by atoms with Gasteiger partial charge in [0.15, 0.2) is 0 Å². The molecule has 0 radical (unpaired) electrons. The highest BCUT2D eigenvalue weighted by Crippen LogP contribution is 2.42. The van der Waals surface area contributed by atoms with Crippen LogP contribution in [-0.4, -0.2) is 8.07 Å². The molecule has 0 amide bonds. The molecule has 2 rings (SSSR count). The predicted octanol–water partition coefficient (Wildman–Crippen LogP) is 5.18. The first kappa shape index (κ1) is 15.8. The second-order valence-electron chi connectivity index (χ2n) is 6.60. The molecule has 0 heterocycles. The highest BCUT2D eigenvalue weighted by atomic mass is 28.3. The highest BCUT2D eigenvalue weighted by molar-refractivity contribution is 6.92. The molecular formula is C20H26Si. The van der Waals surface area contributed by atoms with Crippen LogP contribution in [-0.2, 0) is 6.42 Å². The Hall–Kier alpha value is -1.60. The van der Waals surface area contributed by atoms with Gasteiger partial charge in [0.25, 0.3) is 0 Å². The monoisotopic (exact) mass is 294 g/mol. The van der Waals surface area contributed by atoms with Gasteiger partial charge in [-0.2, -0.15) is 0 Å². The molecule has 0 aromatic heterocycles. The Kier molecular flexibility index (Phi) is 4.84. The third-order valence-electron chi connectivity index (χ3n) is 5.15. The lowest BCUT2D eigenvalue weighted by molar-refractivity contribution is 0.647. The van der Waals surface area contributed by atoms with E-state index in [1.807, 2.05) is 0 Å². The Labute approximate surface area is 130 Å². The van der Waals surface area contributed by atoms with E-state index in [0.29, 0.717) is 0 Å². The molecule has 0 fully saturated rings. The summed E-state index contributed by atoms with van der Waals surface area (Å²) in [6, 6.07) is 21.8. The van der Waals surface area contributed by atoms with Crippen LogP contribution in [0.15, 0.2) is 73.3 Å². The van der Waals surface area contributed by atoms with E-state index in [4.69, 9.17) is 0 Å². The SMILES string of the molecule is C=CC(C)(CCc1ccccc1)[Si](C)(C)c1ccccc1. The molecule has 110 valence electrons. The molecule has 0 nitrogen and oxygen atoms in total. The number of benzene rings is 2. The molecule has 0 aliphatic rings. The second-order valence-corrected chi connectivity index (χ2v) is 11.6. The summed E-state index contributed by atoms with van der Waals surface area (Å²) in [5.41, 5.74) is 1.42. The van der Waals surface area contributed by atoms with Gasteiger partial charge in [-0.15, -0.1) is 6.58 Å². The van der Waals surface area contributed by atoms with Gasteiger partial charge in [0.2, 0.25) is 0 Å². The van der Waals surface area contributed by atoms with Crippen LogP contribution in [0.25, 0.3) is 0 Å². The molecule has 0 saturated carbocycles. The average Bonchev–Trinajstić information content (AvgIpc) is 2.54. The van der Waals surface area contributed by atoms with Crippen LogP contribution in [0.1, 0.15) is 18.9 Å². The van der Waals surface area contributed by atoms with E-state index in [1.165, 1.54) is 10.8 Å². The van der Waals surface area contributed by atoms with E-state index < -0.39 is 8.07 Å². The van der Waals surface area contributed by atoms with Crippen molar-refractivity contribution in [1.29, 1.82) is 0 Å². The Morgan fingerprint density at radius 1 is 0.952 bits per heavy atom. The number of allylic oxidation sites excluding steroid dienone is 1. The van der Waals surface area contributed by atoms with Gasteiger partial charge >= 0.3 is 0 Å². The maximum absolute atomic E-state index is 4.17. The van der Waals surface area contributed by atoms with Crippen molar-refractivity contribution in [2.24, 2.45) is 0 Å². The quantitative estimate of drug-likeness (QED) is 0.508. The summed E-state index contributed by atoms with van der Waals surface area (Å²) in [6.45, 7) is 11.5. The van der Waals surface area contributed by atoms with Crippen molar-refractivity contribution in [1.82, 2.24) is 0 Å². The van der Waals surface area contributed by atoms with Gasteiger partial charge in [0.1, 0.15) is 0 Å². The Morgan fingerprint density at radius 3 is 2.00 bits per heavy atom. The molecular weight excluding hydrogens is 268 g/mol. The van der Waals surface area contributed by atoms with Crippen molar-refractivity contribution in [2.75, 3.05) is 0 Å². The third kappa shape index (κ3) is 3.35. The molecule has 0 aliphatic heterocycles. The Morgan fingerprint density at radius 2 is 1.48 bits per heavy atom. The fourth-order valence-corrected chi connectivity index (χ4v) is 5.85. The highest BCUT2D eigenvalue weighted by Gasteiger charge is 2.41. The average molecular weight is 295 g/mol. The summed E-state index contributed by atoms with van der Waals surface area (Å²) < 4.78 is 0. The molecule has 1 heteroatoms. The summed E-state index contributed by atoms with van der Waals surface area (Å²) in [5, 5.41) is 1.71. The lowest BCUT2D eigenvalue weighted by Crippen LogP contribution is -2.51. The molecule has 0 spiro atoms. The van der Waals surface area contributed by atoms with Crippen molar-refractivity contribution < 1.29 is 0 Å². The zero-order valence-corrected chi connectivity index (χ0v) is 14.5. The maximum atomic E-state index is 4.17. The smallest absolute Gasteiger partial charge is 0.0901 e. The van der Waals surface area contributed by atoms with E-state index in [9.17, 15) is 0 Å². The van der Waals surface area contributed by atoms with Crippen LogP contribution in [0.2, 0.25) is 18.1 Å². The van der Waals surface area contributed by atoms with Gasteiger partial charge in [0, 0.05) is 0 Å². The summed E-state index contributed by atoms with van der Waals surface area (Å²) in [6.07, 6.45) is 4.48. The van der Waals surface area contributed by atoms with E-state index in [-0.39, 0.29) is 5.04 Å². The van der Waals surface area contributed by atoms with Crippen LogP contribution in [0.5, 0.6) is 0 Å². The van der Waals surface area contributed by atoms with E-state index in [1.54, 1.807) is 0 Å². The van der Waals surface area contributed by atoms with Crippen molar-refractivity contribution in [3.63, 3.8) is 0 Å². The fraction of sp³-hybridized carbons (Fsp3) is 0.300. The van der Waals surface area contributed by atoms with Crippen LogP contribution >= 0.6 is 0 Å². The normalized spacial score (nSPS) is 14.4. The third-order valence-corrected chi connectivity index (χ3v) is 10.2. The molecule has 2 aromatic carbocycles. The molecule has 0 bridgehead atoms. The minimum Gasteiger partial charge on any atom is -0.103 e. The number of hydrogen-bond acceptors (Lipinski definition) is 0. The molecule has 0 saturated heterocycles. The van der Waals surface area contributed by atoms with Gasteiger partial charge in [-0.05, 0) is 23.4 Å². The van der Waals surface area contributed by atoms with Crippen LogP contribution < -0.4 is 5.19 Å². The Bertz CT molecular complexity index is 571. The van der Waals surface area contributed by atoms with Crippen molar-refractivity contribution in [3.05, 3.63) is 78.9 Å². The number of aryl methyl sites for hydroxylation is 1. The molecule has 1 unspecified atom stereocenters. The number of hydrogen-bond donors (Lipinski definition) is 0. The van der Waals surface area contributed by atoms with Gasteiger partial charge in [-0.25, -0.2) is 0 Å². The van der Waals surface area contributed by atoms with E-state index >= 15 is 0 Å². The molecule has 0 N–H and O–H groups in total. The van der Waals surface area contributed by atoms with Crippen molar-refractivity contribution >= 4 is 13.3 Å². The zero-order chi connectivity index (χ0) is 15.3. The summed E-state index contributed by atoms with van der Waals surface area (Å²) >= 11 is 0. The first-order chi connectivity index (χ1) is 9.99.